The molecular weight excluding hydrogens is 312 g/mol. The van der Waals surface area contributed by atoms with E-state index in [9.17, 15) is 13.2 Å². The van der Waals surface area contributed by atoms with Crippen molar-refractivity contribution in [1.29, 1.82) is 0 Å². The summed E-state index contributed by atoms with van der Waals surface area (Å²) in [5.41, 5.74) is 6.26. The maximum absolute atomic E-state index is 12.0. The van der Waals surface area contributed by atoms with Gasteiger partial charge in [0.25, 0.3) is 0 Å². The van der Waals surface area contributed by atoms with Gasteiger partial charge in [-0.05, 0) is 24.3 Å². The first-order valence-corrected chi connectivity index (χ1v) is 8.94. The second-order valence-electron chi connectivity index (χ2n) is 4.38. The molecule has 0 saturated carbocycles. The van der Waals surface area contributed by atoms with E-state index in [1.807, 2.05) is 12.1 Å². The molecule has 0 aromatic heterocycles. The van der Waals surface area contributed by atoms with E-state index >= 15 is 0 Å². The Kier molecular flexibility index (Phi) is 7.00. The van der Waals surface area contributed by atoms with Crippen molar-refractivity contribution in [2.45, 2.75) is 11.3 Å². The first-order valence-electron chi connectivity index (χ1n) is 6.34. The summed E-state index contributed by atoms with van der Waals surface area (Å²) in [6.45, 7) is 0.127. The predicted octanol–water partition coefficient (Wildman–Crippen LogP) is 1.19. The zero-order valence-electron chi connectivity index (χ0n) is 12.1. The summed E-state index contributed by atoms with van der Waals surface area (Å²) in [6.07, 6.45) is 0.0529. The van der Waals surface area contributed by atoms with Crippen molar-refractivity contribution in [3.63, 3.8) is 0 Å². The molecule has 1 rings (SSSR count). The zero-order valence-corrected chi connectivity index (χ0v) is 13.7. The van der Waals surface area contributed by atoms with E-state index in [1.54, 1.807) is 12.1 Å². The first kappa shape index (κ1) is 17.8. The first-order chi connectivity index (χ1) is 9.85. The summed E-state index contributed by atoms with van der Waals surface area (Å²) in [5.74, 6) is 0.0300. The van der Waals surface area contributed by atoms with Crippen LogP contribution >= 0.6 is 11.8 Å². The molecule has 0 fully saturated rings. The molecule has 0 amide bonds. The van der Waals surface area contributed by atoms with Crippen molar-refractivity contribution in [2.24, 2.45) is 0 Å². The maximum Gasteiger partial charge on any atom is 0.306 e. The molecule has 0 heterocycles. The SMILES string of the molecule is COC(=O)CCN(C)S(=O)(=O)CCSc1ccc(N)cc1. The van der Waals surface area contributed by atoms with Crippen LogP contribution in [0.4, 0.5) is 5.69 Å². The largest absolute Gasteiger partial charge is 0.469 e. The molecule has 8 heteroatoms. The maximum atomic E-state index is 12.0. The minimum atomic E-state index is -3.36. The summed E-state index contributed by atoms with van der Waals surface area (Å²) in [4.78, 5) is 12.0. The number of carbonyl (C=O) groups excluding carboxylic acids is 1. The topological polar surface area (TPSA) is 89.7 Å². The molecule has 6 nitrogen and oxygen atoms in total. The fourth-order valence-electron chi connectivity index (χ4n) is 1.47. The quantitative estimate of drug-likeness (QED) is 0.437. The Morgan fingerprint density at radius 3 is 2.52 bits per heavy atom. The molecule has 21 heavy (non-hydrogen) atoms. The van der Waals surface area contributed by atoms with Gasteiger partial charge in [0, 0.05) is 29.9 Å². The van der Waals surface area contributed by atoms with Crippen LogP contribution in [-0.2, 0) is 19.6 Å². The zero-order chi connectivity index (χ0) is 15.9. The van der Waals surface area contributed by atoms with Crippen LogP contribution in [0.15, 0.2) is 29.2 Å². The standard InChI is InChI=1S/C13H20N2O4S2/c1-15(8-7-13(16)19-2)21(17,18)10-9-20-12-5-3-11(14)4-6-12/h3-6H,7-10,14H2,1-2H3. The molecule has 0 unspecified atom stereocenters. The van der Waals surface area contributed by atoms with Gasteiger partial charge in [-0.25, -0.2) is 12.7 Å². The van der Waals surface area contributed by atoms with Crippen molar-refractivity contribution in [1.82, 2.24) is 4.31 Å². The monoisotopic (exact) mass is 332 g/mol. The molecule has 0 aliphatic rings. The number of esters is 1. The number of ether oxygens (including phenoxy) is 1. The van der Waals surface area contributed by atoms with Crippen LogP contribution in [-0.4, -0.2) is 50.9 Å². The number of nitrogens with two attached hydrogens (primary N) is 1. The number of sulfonamides is 1. The van der Waals surface area contributed by atoms with Gasteiger partial charge < -0.3 is 10.5 Å². The highest BCUT2D eigenvalue weighted by molar-refractivity contribution is 8.00. The lowest BCUT2D eigenvalue weighted by Crippen LogP contribution is -2.32. The Morgan fingerprint density at radius 2 is 1.95 bits per heavy atom. The van der Waals surface area contributed by atoms with E-state index in [0.717, 1.165) is 4.90 Å². The molecule has 0 aliphatic carbocycles. The van der Waals surface area contributed by atoms with Gasteiger partial charge in [0.2, 0.25) is 10.0 Å². The normalized spacial score (nSPS) is 11.6. The van der Waals surface area contributed by atoms with Gasteiger partial charge in [-0.1, -0.05) is 0 Å². The highest BCUT2D eigenvalue weighted by Crippen LogP contribution is 2.19. The molecule has 2 N–H and O–H groups in total. The van der Waals surface area contributed by atoms with E-state index in [0.29, 0.717) is 11.4 Å². The summed E-state index contributed by atoms with van der Waals surface area (Å²) in [6, 6.07) is 7.26. The van der Waals surface area contributed by atoms with Crippen LogP contribution in [0, 0.1) is 0 Å². The number of anilines is 1. The van der Waals surface area contributed by atoms with Crippen molar-refractivity contribution in [2.75, 3.05) is 37.9 Å². The van der Waals surface area contributed by atoms with Crippen LogP contribution in [0.1, 0.15) is 6.42 Å². The number of nitrogen functional groups attached to an aromatic ring is 1. The highest BCUT2D eigenvalue weighted by Gasteiger charge is 2.18. The Labute approximate surface area is 129 Å². The van der Waals surface area contributed by atoms with Crippen molar-refractivity contribution >= 4 is 33.4 Å². The molecule has 0 saturated heterocycles. The third-order valence-corrected chi connectivity index (χ3v) is 5.95. The van der Waals surface area contributed by atoms with Crippen LogP contribution < -0.4 is 5.73 Å². The summed E-state index contributed by atoms with van der Waals surface area (Å²) < 4.78 is 29.7. The van der Waals surface area contributed by atoms with Gasteiger partial charge in [0.15, 0.2) is 0 Å². The molecule has 0 spiro atoms. The minimum Gasteiger partial charge on any atom is -0.469 e. The Balaban J connectivity index is 2.41. The van der Waals surface area contributed by atoms with Gasteiger partial charge in [0.1, 0.15) is 0 Å². The summed E-state index contributed by atoms with van der Waals surface area (Å²) in [7, 11) is -0.620. The van der Waals surface area contributed by atoms with Crippen LogP contribution in [0.2, 0.25) is 0 Å². The third kappa shape index (κ3) is 6.36. The van der Waals surface area contributed by atoms with Gasteiger partial charge in [0.05, 0.1) is 19.3 Å². The number of hydrogen-bond acceptors (Lipinski definition) is 6. The van der Waals surface area contributed by atoms with Gasteiger partial charge in [-0.2, -0.15) is 0 Å². The number of benzene rings is 1. The average Bonchev–Trinajstić information content (AvgIpc) is 2.46. The van der Waals surface area contributed by atoms with Gasteiger partial charge in [-0.15, -0.1) is 11.8 Å². The smallest absolute Gasteiger partial charge is 0.306 e. The number of hydrogen-bond donors (Lipinski definition) is 1. The van der Waals surface area contributed by atoms with Crippen molar-refractivity contribution in [3.8, 4) is 0 Å². The van der Waals surface area contributed by atoms with Crippen molar-refractivity contribution in [3.05, 3.63) is 24.3 Å². The molecule has 118 valence electrons. The van der Waals surface area contributed by atoms with Crippen LogP contribution in [0.25, 0.3) is 0 Å². The van der Waals surface area contributed by atoms with E-state index in [-0.39, 0.29) is 18.7 Å². The molecule has 1 aromatic carbocycles. The molecular formula is C13H20N2O4S2. The van der Waals surface area contributed by atoms with Crippen LogP contribution in [0.5, 0.6) is 0 Å². The highest BCUT2D eigenvalue weighted by atomic mass is 32.2. The second-order valence-corrected chi connectivity index (χ2v) is 7.74. The number of rotatable bonds is 8. The average molecular weight is 332 g/mol. The number of carbonyl (C=O) groups is 1. The lowest BCUT2D eigenvalue weighted by molar-refractivity contribution is -0.140. The Bertz CT molecular complexity index is 558. The lowest BCUT2D eigenvalue weighted by Gasteiger charge is -2.16. The lowest BCUT2D eigenvalue weighted by atomic mass is 10.3. The van der Waals surface area contributed by atoms with E-state index in [2.05, 4.69) is 4.74 Å². The summed E-state index contributed by atoms with van der Waals surface area (Å²) in [5, 5.41) is 0. The van der Waals surface area contributed by atoms with E-state index in [1.165, 1.54) is 30.2 Å². The van der Waals surface area contributed by atoms with Crippen molar-refractivity contribution < 1.29 is 17.9 Å². The number of thioether (sulfide) groups is 1. The Hall–Kier alpha value is -1.25. The number of methoxy groups -OCH3 is 1. The van der Waals surface area contributed by atoms with Crippen LogP contribution in [0.3, 0.4) is 0 Å². The number of nitrogens with zero attached hydrogens (tertiary/aromatic N) is 1. The van der Waals surface area contributed by atoms with E-state index in [4.69, 9.17) is 5.73 Å². The molecule has 0 atom stereocenters. The predicted molar refractivity (Wildman–Crippen MR) is 84.6 cm³/mol. The minimum absolute atomic E-state index is 0.0136. The Morgan fingerprint density at radius 1 is 1.33 bits per heavy atom. The third-order valence-electron chi connectivity index (χ3n) is 2.82. The van der Waals surface area contributed by atoms with Gasteiger partial charge >= 0.3 is 5.97 Å². The fraction of sp³-hybridized carbons (Fsp3) is 0.462. The second kappa shape index (κ2) is 8.26. The fourth-order valence-corrected chi connectivity index (χ4v) is 3.90. The summed E-state index contributed by atoms with van der Waals surface area (Å²) >= 11 is 1.45. The van der Waals surface area contributed by atoms with Gasteiger partial charge in [-0.3, -0.25) is 4.79 Å². The van der Waals surface area contributed by atoms with E-state index < -0.39 is 16.0 Å². The molecule has 0 aliphatic heterocycles. The molecule has 0 radical (unpaired) electrons. The molecule has 0 bridgehead atoms. The molecule has 1 aromatic rings.